The van der Waals surface area contributed by atoms with Crippen molar-refractivity contribution in [2.75, 3.05) is 33.7 Å². The van der Waals surface area contributed by atoms with Gasteiger partial charge in [0.05, 0.1) is 5.69 Å². The number of hydrogen-bond acceptors (Lipinski definition) is 5. The number of aromatic nitrogens is 1. The van der Waals surface area contributed by atoms with Gasteiger partial charge in [-0.2, -0.15) is 17.0 Å². The van der Waals surface area contributed by atoms with Crippen LogP contribution in [-0.4, -0.2) is 72.8 Å². The predicted molar refractivity (Wildman–Crippen MR) is 96.8 cm³/mol. The maximum absolute atomic E-state index is 12.9. The van der Waals surface area contributed by atoms with Gasteiger partial charge in [0.2, 0.25) is 5.76 Å². The van der Waals surface area contributed by atoms with Crippen molar-refractivity contribution in [3.8, 4) is 0 Å². The maximum Gasteiger partial charge on any atom is 0.292 e. The molecule has 3 aliphatic rings. The van der Waals surface area contributed by atoms with Gasteiger partial charge in [0, 0.05) is 45.8 Å². The second kappa shape index (κ2) is 7.28. The summed E-state index contributed by atoms with van der Waals surface area (Å²) in [5, 5.41) is 4.00. The summed E-state index contributed by atoms with van der Waals surface area (Å²) in [4.78, 5) is 14.7. The van der Waals surface area contributed by atoms with Gasteiger partial charge in [0.1, 0.15) is 0 Å². The van der Waals surface area contributed by atoms with Crippen LogP contribution in [0.1, 0.15) is 42.9 Å². The van der Waals surface area contributed by atoms with Crippen molar-refractivity contribution in [1.29, 1.82) is 0 Å². The van der Waals surface area contributed by atoms with E-state index in [-0.39, 0.29) is 23.6 Å². The van der Waals surface area contributed by atoms with E-state index in [0.29, 0.717) is 25.6 Å². The summed E-state index contributed by atoms with van der Waals surface area (Å²) in [7, 11) is -0.404. The van der Waals surface area contributed by atoms with Crippen LogP contribution in [0.25, 0.3) is 0 Å². The fourth-order valence-electron chi connectivity index (χ4n) is 3.78. The van der Waals surface area contributed by atoms with Gasteiger partial charge >= 0.3 is 0 Å². The molecule has 2 bridgehead atoms. The number of amides is 1. The van der Waals surface area contributed by atoms with Gasteiger partial charge in [0.15, 0.2) is 0 Å². The first-order chi connectivity index (χ1) is 12.2. The van der Waals surface area contributed by atoms with Crippen molar-refractivity contribution in [2.45, 2.75) is 39.2 Å². The van der Waals surface area contributed by atoms with Crippen molar-refractivity contribution < 1.29 is 17.7 Å². The standard InChI is InChI=1S/C17H28N4O4S/c1-12(2)7-14-8-16(25-18-14)17(22)21-10-13-5-6-15(21)11-20(9-13)26(23,24)19(3)4/h8,12-13,15H,5-7,9-11H2,1-4H3/t13-,15+/m1/s1. The zero-order chi connectivity index (χ0) is 19.1. The Balaban J connectivity index is 1.78. The van der Waals surface area contributed by atoms with Crippen LogP contribution >= 0.6 is 0 Å². The molecular formula is C17H28N4O4S. The fourth-order valence-corrected chi connectivity index (χ4v) is 5.00. The highest BCUT2D eigenvalue weighted by Crippen LogP contribution is 2.31. The van der Waals surface area contributed by atoms with Crippen LogP contribution in [0.15, 0.2) is 10.6 Å². The molecule has 1 amide bonds. The van der Waals surface area contributed by atoms with Gasteiger partial charge < -0.3 is 9.42 Å². The summed E-state index contributed by atoms with van der Waals surface area (Å²) >= 11 is 0. The van der Waals surface area contributed by atoms with E-state index >= 15 is 0 Å². The zero-order valence-electron chi connectivity index (χ0n) is 15.9. The molecular weight excluding hydrogens is 356 g/mol. The molecule has 0 aromatic carbocycles. The van der Waals surface area contributed by atoms with Gasteiger partial charge in [-0.1, -0.05) is 19.0 Å². The van der Waals surface area contributed by atoms with E-state index in [1.54, 1.807) is 11.0 Å². The molecule has 2 atom stereocenters. The van der Waals surface area contributed by atoms with E-state index in [2.05, 4.69) is 19.0 Å². The van der Waals surface area contributed by atoms with Crippen LogP contribution in [0.4, 0.5) is 0 Å². The first-order valence-electron chi connectivity index (χ1n) is 9.12. The van der Waals surface area contributed by atoms with Gasteiger partial charge in [0.25, 0.3) is 16.1 Å². The highest BCUT2D eigenvalue weighted by molar-refractivity contribution is 7.86. The summed E-state index contributed by atoms with van der Waals surface area (Å²) < 4.78 is 33.1. The molecule has 1 aromatic heterocycles. The maximum atomic E-state index is 12.9. The lowest BCUT2D eigenvalue weighted by Crippen LogP contribution is -2.48. The minimum atomic E-state index is -3.48. The molecule has 0 saturated carbocycles. The molecule has 9 heteroatoms. The highest BCUT2D eigenvalue weighted by Gasteiger charge is 2.42. The first kappa shape index (κ1) is 19.3. The minimum absolute atomic E-state index is 0.130. The number of carbonyl (C=O) groups excluding carboxylic acids is 1. The monoisotopic (exact) mass is 384 g/mol. The average Bonchev–Trinajstić information content (AvgIpc) is 2.81. The molecule has 3 fully saturated rings. The third-order valence-corrected chi connectivity index (χ3v) is 6.99. The first-order valence-corrected chi connectivity index (χ1v) is 10.5. The molecule has 0 radical (unpaired) electrons. The Bertz CT molecular complexity index is 759. The SMILES string of the molecule is CC(C)Cc1cc(C(=O)N2C[C@@H]3CC[C@H]2CN(S(=O)(=O)N(C)C)C3)on1. The molecule has 8 nitrogen and oxygen atoms in total. The number of nitrogens with zero attached hydrogens (tertiary/aromatic N) is 4. The van der Waals surface area contributed by atoms with Crippen LogP contribution in [0.5, 0.6) is 0 Å². The van der Waals surface area contributed by atoms with E-state index in [1.165, 1.54) is 22.7 Å². The molecule has 0 unspecified atom stereocenters. The van der Waals surface area contributed by atoms with Crippen LogP contribution in [0.3, 0.4) is 0 Å². The summed E-state index contributed by atoms with van der Waals surface area (Å²) in [6.45, 7) is 5.52. The minimum Gasteiger partial charge on any atom is -0.351 e. The molecule has 26 heavy (non-hydrogen) atoms. The molecule has 0 N–H and O–H groups in total. The fraction of sp³-hybridized carbons (Fsp3) is 0.765. The van der Waals surface area contributed by atoms with E-state index in [4.69, 9.17) is 4.52 Å². The predicted octanol–water partition coefficient (Wildman–Crippen LogP) is 1.22. The van der Waals surface area contributed by atoms with E-state index in [9.17, 15) is 13.2 Å². The molecule has 4 heterocycles. The summed E-state index contributed by atoms with van der Waals surface area (Å²) in [6, 6.07) is 1.59. The van der Waals surface area contributed by atoms with Gasteiger partial charge in [-0.3, -0.25) is 4.79 Å². The molecule has 0 aliphatic carbocycles. The van der Waals surface area contributed by atoms with E-state index < -0.39 is 10.2 Å². The largest absolute Gasteiger partial charge is 0.351 e. The molecule has 0 spiro atoms. The second-order valence-corrected chi connectivity index (χ2v) is 10.1. The van der Waals surface area contributed by atoms with Crippen molar-refractivity contribution in [1.82, 2.24) is 18.7 Å². The van der Waals surface area contributed by atoms with Crippen molar-refractivity contribution >= 4 is 16.1 Å². The summed E-state index contributed by atoms with van der Waals surface area (Å²) in [5.41, 5.74) is 0.778. The number of piperidine rings is 1. The van der Waals surface area contributed by atoms with E-state index in [1.807, 2.05) is 0 Å². The normalized spacial score (nSPS) is 24.5. The Morgan fingerprint density at radius 3 is 2.69 bits per heavy atom. The number of fused-ring (bicyclic) bond motifs is 4. The smallest absolute Gasteiger partial charge is 0.292 e. The Hall–Kier alpha value is -1.45. The third-order valence-electron chi connectivity index (χ3n) is 5.12. The Morgan fingerprint density at radius 2 is 2.04 bits per heavy atom. The highest BCUT2D eigenvalue weighted by atomic mass is 32.2. The van der Waals surface area contributed by atoms with Gasteiger partial charge in [-0.25, -0.2) is 0 Å². The van der Waals surface area contributed by atoms with Crippen molar-refractivity contribution in [2.24, 2.45) is 11.8 Å². The number of rotatable bonds is 5. The van der Waals surface area contributed by atoms with Crippen molar-refractivity contribution in [3.05, 3.63) is 17.5 Å². The van der Waals surface area contributed by atoms with Crippen LogP contribution in [0, 0.1) is 11.8 Å². The third kappa shape index (κ3) is 3.79. The average molecular weight is 385 g/mol. The molecule has 1 aromatic rings. The molecule has 146 valence electrons. The second-order valence-electron chi connectivity index (χ2n) is 7.94. The molecule has 3 saturated heterocycles. The van der Waals surface area contributed by atoms with Gasteiger partial charge in [-0.05, 0) is 31.1 Å². The van der Waals surface area contributed by atoms with E-state index in [0.717, 1.165) is 25.0 Å². The molecule has 4 rings (SSSR count). The Morgan fingerprint density at radius 1 is 1.31 bits per heavy atom. The van der Waals surface area contributed by atoms with Gasteiger partial charge in [-0.15, -0.1) is 0 Å². The molecule has 3 aliphatic heterocycles. The summed E-state index contributed by atoms with van der Waals surface area (Å²) in [6.07, 6.45) is 2.50. The Kier molecular flexibility index (Phi) is 5.41. The number of hydrogen-bond donors (Lipinski definition) is 0. The lowest BCUT2D eigenvalue weighted by molar-refractivity contribution is 0.0547. The number of carbonyl (C=O) groups is 1. The van der Waals surface area contributed by atoms with Crippen molar-refractivity contribution in [3.63, 3.8) is 0 Å². The van der Waals surface area contributed by atoms with Crippen LogP contribution < -0.4 is 0 Å². The topological polar surface area (TPSA) is 87.0 Å². The van der Waals surface area contributed by atoms with Crippen LogP contribution in [0.2, 0.25) is 0 Å². The lowest BCUT2D eigenvalue weighted by atomic mass is 9.95. The quantitative estimate of drug-likeness (QED) is 0.762. The lowest BCUT2D eigenvalue weighted by Gasteiger charge is -2.35. The van der Waals surface area contributed by atoms with Crippen LogP contribution in [-0.2, 0) is 16.6 Å². The Labute approximate surface area is 155 Å². The zero-order valence-corrected chi connectivity index (χ0v) is 16.7. The summed E-state index contributed by atoms with van der Waals surface area (Å²) in [5.74, 6) is 0.633.